The fourth-order valence-electron chi connectivity index (χ4n) is 1.66. The van der Waals surface area contributed by atoms with E-state index in [0.717, 1.165) is 12.8 Å². The van der Waals surface area contributed by atoms with E-state index in [9.17, 15) is 17.2 Å². The van der Waals surface area contributed by atoms with E-state index in [1.165, 1.54) is 18.2 Å². The third-order valence-electron chi connectivity index (χ3n) is 3.24. The summed E-state index contributed by atoms with van der Waals surface area (Å²) in [6.07, 6.45) is 2.15. The minimum absolute atomic E-state index is 0.168. The summed E-state index contributed by atoms with van der Waals surface area (Å²) in [6, 6.07) is 5.79. The average molecular weight is 275 g/mol. The van der Waals surface area contributed by atoms with E-state index in [1.54, 1.807) is 6.07 Å². The molecule has 2 rings (SSSR count). The molecule has 6 heteroatoms. The Morgan fingerprint density at radius 3 is 2.50 bits per heavy atom. The van der Waals surface area contributed by atoms with E-state index in [-0.39, 0.29) is 16.0 Å². The summed E-state index contributed by atoms with van der Waals surface area (Å²) in [4.78, 5) is -0.329. The molecule has 1 aromatic carbocycles. The minimum atomic E-state index is -4.55. The molecule has 3 nitrogen and oxygen atoms in total. The van der Waals surface area contributed by atoms with E-state index < -0.39 is 15.6 Å². The van der Waals surface area contributed by atoms with Crippen molar-refractivity contribution in [2.45, 2.75) is 30.4 Å². The Morgan fingerprint density at radius 2 is 1.94 bits per heavy atom. The summed E-state index contributed by atoms with van der Waals surface area (Å²) >= 11 is 0. The van der Waals surface area contributed by atoms with Gasteiger partial charge in [-0.2, -0.15) is 8.78 Å². The van der Waals surface area contributed by atoms with E-state index in [2.05, 4.69) is 12.2 Å². The van der Waals surface area contributed by atoms with Gasteiger partial charge in [0.05, 0.1) is 10.6 Å². The molecule has 0 saturated heterocycles. The third-order valence-corrected chi connectivity index (χ3v) is 4.68. The number of hydrogen-bond donors (Lipinski definition) is 1. The van der Waals surface area contributed by atoms with Gasteiger partial charge in [-0.15, -0.1) is 0 Å². The molecule has 0 aliphatic heterocycles. The zero-order chi connectivity index (χ0) is 13.4. The van der Waals surface area contributed by atoms with Gasteiger partial charge in [-0.05, 0) is 30.4 Å². The van der Waals surface area contributed by atoms with Crippen LogP contribution in [-0.2, 0) is 9.84 Å². The number of rotatable bonds is 5. The van der Waals surface area contributed by atoms with Crippen LogP contribution in [0.1, 0.15) is 19.8 Å². The maximum Gasteiger partial charge on any atom is 0.341 e. The molecular weight excluding hydrogens is 260 g/mol. The summed E-state index contributed by atoms with van der Waals surface area (Å²) in [5, 5.41) is 2.96. The van der Waals surface area contributed by atoms with Gasteiger partial charge < -0.3 is 5.32 Å². The average Bonchev–Trinajstić information content (AvgIpc) is 3.05. The summed E-state index contributed by atoms with van der Waals surface area (Å²) in [7, 11) is -4.55. The van der Waals surface area contributed by atoms with Gasteiger partial charge in [0.15, 0.2) is 0 Å². The summed E-state index contributed by atoms with van der Waals surface area (Å²) in [6.45, 7) is 2.67. The van der Waals surface area contributed by atoms with Crippen molar-refractivity contribution in [2.75, 3.05) is 11.9 Å². The van der Waals surface area contributed by atoms with Crippen LogP contribution in [0.4, 0.5) is 14.5 Å². The van der Waals surface area contributed by atoms with Crippen LogP contribution >= 0.6 is 0 Å². The van der Waals surface area contributed by atoms with E-state index >= 15 is 0 Å². The zero-order valence-electron chi connectivity index (χ0n) is 9.99. The van der Waals surface area contributed by atoms with Gasteiger partial charge >= 0.3 is 5.76 Å². The van der Waals surface area contributed by atoms with E-state index in [0.29, 0.717) is 6.54 Å². The Balaban J connectivity index is 2.25. The fraction of sp³-hybridized carbons (Fsp3) is 0.500. The predicted molar refractivity (Wildman–Crippen MR) is 65.5 cm³/mol. The predicted octanol–water partition coefficient (Wildman–Crippen LogP) is 2.89. The molecule has 100 valence electrons. The van der Waals surface area contributed by atoms with Gasteiger partial charge in [-0.25, -0.2) is 8.42 Å². The lowest BCUT2D eigenvalue weighted by molar-refractivity contribution is 0.235. The number of nitrogens with one attached hydrogen (secondary N) is 1. The number of anilines is 1. The number of hydrogen-bond acceptors (Lipinski definition) is 3. The molecule has 0 atom stereocenters. The Bertz CT molecular complexity index is 539. The van der Waals surface area contributed by atoms with Crippen LogP contribution in [0.2, 0.25) is 0 Å². The first-order valence-corrected chi connectivity index (χ1v) is 7.25. The third kappa shape index (κ3) is 2.63. The van der Waals surface area contributed by atoms with Crippen LogP contribution in [-0.4, -0.2) is 20.7 Å². The van der Waals surface area contributed by atoms with Gasteiger partial charge in [0.2, 0.25) is 9.84 Å². The van der Waals surface area contributed by atoms with Crippen molar-refractivity contribution in [3.63, 3.8) is 0 Å². The number of sulfone groups is 1. The number of benzene rings is 1. The highest BCUT2D eigenvalue weighted by atomic mass is 32.2. The Morgan fingerprint density at radius 1 is 1.33 bits per heavy atom. The van der Waals surface area contributed by atoms with Gasteiger partial charge in [0, 0.05) is 6.54 Å². The Kier molecular flexibility index (Phi) is 3.31. The lowest BCUT2D eigenvalue weighted by atomic mass is 10.1. The monoisotopic (exact) mass is 275 g/mol. The highest BCUT2D eigenvalue weighted by Crippen LogP contribution is 2.45. The first-order chi connectivity index (χ1) is 8.35. The number of alkyl halides is 2. The normalized spacial score (nSPS) is 17.8. The molecule has 1 saturated carbocycles. The van der Waals surface area contributed by atoms with Crippen molar-refractivity contribution in [1.82, 2.24) is 0 Å². The molecule has 0 spiro atoms. The topological polar surface area (TPSA) is 46.2 Å². The summed E-state index contributed by atoms with van der Waals surface area (Å²) in [5.74, 6) is -3.39. The van der Waals surface area contributed by atoms with Crippen molar-refractivity contribution in [3.8, 4) is 0 Å². The van der Waals surface area contributed by atoms with E-state index in [4.69, 9.17) is 0 Å². The molecular formula is C12H15F2NO2S. The lowest BCUT2D eigenvalue weighted by Crippen LogP contribution is -2.17. The molecule has 1 aliphatic carbocycles. The molecule has 0 bridgehead atoms. The van der Waals surface area contributed by atoms with Crippen LogP contribution in [0.3, 0.4) is 0 Å². The molecule has 18 heavy (non-hydrogen) atoms. The largest absolute Gasteiger partial charge is 0.383 e. The molecule has 0 aromatic heterocycles. The van der Waals surface area contributed by atoms with Crippen molar-refractivity contribution < 1.29 is 17.2 Å². The first kappa shape index (κ1) is 13.3. The standard InChI is InChI=1S/C12H15F2NO2S/c1-12(6-7-12)8-15-9-4-2-3-5-10(9)18(16,17)11(13)14/h2-5,11,15H,6-8H2,1H3. The molecule has 0 heterocycles. The maximum absolute atomic E-state index is 12.5. The molecule has 0 radical (unpaired) electrons. The molecule has 0 unspecified atom stereocenters. The van der Waals surface area contributed by atoms with Crippen molar-refractivity contribution >= 4 is 15.5 Å². The first-order valence-electron chi connectivity index (χ1n) is 5.70. The number of halogens is 2. The SMILES string of the molecule is CC1(CNc2ccccc2S(=O)(=O)C(F)F)CC1. The molecule has 1 aliphatic rings. The zero-order valence-corrected chi connectivity index (χ0v) is 10.8. The maximum atomic E-state index is 12.5. The molecule has 1 N–H and O–H groups in total. The quantitative estimate of drug-likeness (QED) is 0.898. The Labute approximate surface area is 105 Å². The molecule has 1 aromatic rings. The second kappa shape index (κ2) is 4.50. The minimum Gasteiger partial charge on any atom is -0.383 e. The van der Waals surface area contributed by atoms with E-state index in [1.807, 2.05) is 0 Å². The van der Waals surface area contributed by atoms with Gasteiger partial charge in [0.25, 0.3) is 0 Å². The fourth-order valence-corrected chi connectivity index (χ4v) is 2.56. The Hall–Kier alpha value is -1.17. The molecule has 0 amide bonds. The van der Waals surface area contributed by atoms with Crippen LogP contribution in [0.5, 0.6) is 0 Å². The van der Waals surface area contributed by atoms with Crippen LogP contribution < -0.4 is 5.32 Å². The van der Waals surface area contributed by atoms with Gasteiger partial charge in [0.1, 0.15) is 0 Å². The van der Waals surface area contributed by atoms with Crippen molar-refractivity contribution in [3.05, 3.63) is 24.3 Å². The van der Waals surface area contributed by atoms with Crippen LogP contribution in [0.15, 0.2) is 29.2 Å². The van der Waals surface area contributed by atoms with Crippen molar-refractivity contribution in [2.24, 2.45) is 5.41 Å². The van der Waals surface area contributed by atoms with Gasteiger partial charge in [-0.3, -0.25) is 0 Å². The highest BCUT2D eigenvalue weighted by Gasteiger charge is 2.37. The van der Waals surface area contributed by atoms with Crippen LogP contribution in [0.25, 0.3) is 0 Å². The summed E-state index contributed by atoms with van der Waals surface area (Å²) in [5.41, 5.74) is 0.424. The second-order valence-corrected chi connectivity index (χ2v) is 6.85. The summed E-state index contributed by atoms with van der Waals surface area (Å²) < 4.78 is 48.1. The van der Waals surface area contributed by atoms with Crippen LogP contribution in [0, 0.1) is 5.41 Å². The van der Waals surface area contributed by atoms with Crippen molar-refractivity contribution in [1.29, 1.82) is 0 Å². The number of para-hydroxylation sites is 1. The second-order valence-electron chi connectivity index (χ2n) is 4.97. The molecule has 1 fully saturated rings. The smallest absolute Gasteiger partial charge is 0.341 e. The van der Waals surface area contributed by atoms with Gasteiger partial charge in [-0.1, -0.05) is 19.1 Å². The highest BCUT2D eigenvalue weighted by molar-refractivity contribution is 7.91. The lowest BCUT2D eigenvalue weighted by Gasteiger charge is -2.15.